The Morgan fingerprint density at radius 2 is 1.85 bits per heavy atom. The minimum absolute atomic E-state index is 0.104. The van der Waals surface area contributed by atoms with E-state index in [0.717, 1.165) is 6.42 Å². The van der Waals surface area contributed by atoms with Gasteiger partial charge in [0.05, 0.1) is 12.7 Å². The summed E-state index contributed by atoms with van der Waals surface area (Å²) in [5.41, 5.74) is 1.20. The fraction of sp³-hybridized carbons (Fsp3) is 0.455. The summed E-state index contributed by atoms with van der Waals surface area (Å²) < 4.78 is 0. The molecule has 0 amide bonds. The van der Waals surface area contributed by atoms with Crippen molar-refractivity contribution in [3.05, 3.63) is 35.9 Å². The largest absolute Gasteiger partial charge is 0.394 e. The Balaban J connectivity index is 2.50. The molecular weight excluding hydrogens is 164 g/mol. The monoisotopic (exact) mass is 180 g/mol. The van der Waals surface area contributed by atoms with Gasteiger partial charge in [-0.25, -0.2) is 0 Å². The molecule has 1 unspecified atom stereocenters. The van der Waals surface area contributed by atoms with Crippen LogP contribution in [-0.2, 0) is 6.42 Å². The third-order valence-electron chi connectivity index (χ3n) is 2.24. The molecule has 0 aliphatic rings. The smallest absolute Gasteiger partial charge is 0.0799 e. The lowest BCUT2D eigenvalue weighted by Gasteiger charge is -2.16. The predicted molar refractivity (Wildman–Crippen MR) is 52.4 cm³/mol. The summed E-state index contributed by atoms with van der Waals surface area (Å²) in [4.78, 5) is 0. The molecule has 2 N–H and O–H groups in total. The van der Waals surface area contributed by atoms with Gasteiger partial charge < -0.3 is 10.2 Å². The molecule has 0 saturated carbocycles. The van der Waals surface area contributed by atoms with Crippen molar-refractivity contribution in [3.8, 4) is 0 Å². The van der Waals surface area contributed by atoms with Crippen LogP contribution in [0.1, 0.15) is 12.5 Å². The first-order valence-corrected chi connectivity index (χ1v) is 4.57. The van der Waals surface area contributed by atoms with E-state index < -0.39 is 6.10 Å². The Morgan fingerprint density at radius 3 is 2.38 bits per heavy atom. The lowest BCUT2D eigenvalue weighted by molar-refractivity contribution is 0.0535. The minimum Gasteiger partial charge on any atom is -0.394 e. The second kappa shape index (κ2) is 5.00. The van der Waals surface area contributed by atoms with Gasteiger partial charge in [-0.15, -0.1) is 0 Å². The van der Waals surface area contributed by atoms with Gasteiger partial charge in [-0.2, -0.15) is 0 Å². The molecule has 1 rings (SSSR count). The Bertz CT molecular complexity index is 233. The minimum atomic E-state index is -0.611. The molecule has 2 nitrogen and oxygen atoms in total. The summed E-state index contributed by atoms with van der Waals surface area (Å²) in [6.07, 6.45) is 0.197. The van der Waals surface area contributed by atoms with Gasteiger partial charge >= 0.3 is 0 Å². The van der Waals surface area contributed by atoms with Gasteiger partial charge in [-0.05, 0) is 17.9 Å². The molecule has 72 valence electrons. The summed E-state index contributed by atoms with van der Waals surface area (Å²) >= 11 is 0. The summed E-state index contributed by atoms with van der Waals surface area (Å²) in [7, 11) is 0. The standard InChI is InChI=1S/C11H16O2/c1-9(11(13)8-12)7-10-5-3-2-4-6-10/h2-6,9,11-13H,7-8H2,1H3/t9?,11-/m1/s1. The first-order chi connectivity index (χ1) is 6.24. The van der Waals surface area contributed by atoms with Crippen LogP contribution in [0.25, 0.3) is 0 Å². The average molecular weight is 180 g/mol. The average Bonchev–Trinajstić information content (AvgIpc) is 2.18. The van der Waals surface area contributed by atoms with Crippen LogP contribution in [0.4, 0.5) is 0 Å². The summed E-state index contributed by atoms with van der Waals surface area (Å²) in [6.45, 7) is 1.78. The maximum Gasteiger partial charge on any atom is 0.0799 e. The van der Waals surface area contributed by atoms with Gasteiger partial charge in [0, 0.05) is 0 Å². The van der Waals surface area contributed by atoms with Crippen molar-refractivity contribution in [1.82, 2.24) is 0 Å². The first kappa shape index (κ1) is 10.2. The Morgan fingerprint density at radius 1 is 1.23 bits per heavy atom. The molecule has 0 radical (unpaired) electrons. The van der Waals surface area contributed by atoms with Crippen molar-refractivity contribution in [3.63, 3.8) is 0 Å². The van der Waals surface area contributed by atoms with Gasteiger partial charge in [0.25, 0.3) is 0 Å². The van der Waals surface area contributed by atoms with Crippen molar-refractivity contribution < 1.29 is 10.2 Å². The van der Waals surface area contributed by atoms with Crippen LogP contribution in [0, 0.1) is 5.92 Å². The van der Waals surface area contributed by atoms with E-state index in [2.05, 4.69) is 0 Å². The molecule has 0 aromatic heterocycles. The van der Waals surface area contributed by atoms with E-state index in [1.165, 1.54) is 5.56 Å². The van der Waals surface area contributed by atoms with E-state index in [9.17, 15) is 5.11 Å². The van der Waals surface area contributed by atoms with E-state index in [-0.39, 0.29) is 12.5 Å². The highest BCUT2D eigenvalue weighted by molar-refractivity contribution is 5.15. The molecule has 0 heterocycles. The van der Waals surface area contributed by atoms with Crippen LogP contribution < -0.4 is 0 Å². The number of rotatable bonds is 4. The SMILES string of the molecule is CC(Cc1ccccc1)[C@H](O)CO. The van der Waals surface area contributed by atoms with Crippen LogP contribution in [0.15, 0.2) is 30.3 Å². The molecule has 1 aromatic rings. The number of aliphatic hydroxyl groups is 2. The van der Waals surface area contributed by atoms with Crippen LogP contribution in [-0.4, -0.2) is 22.9 Å². The first-order valence-electron chi connectivity index (χ1n) is 4.57. The molecule has 0 aliphatic carbocycles. The lowest BCUT2D eigenvalue weighted by Crippen LogP contribution is -2.23. The fourth-order valence-electron chi connectivity index (χ4n) is 1.30. The Hall–Kier alpha value is -0.860. The number of hydrogen-bond acceptors (Lipinski definition) is 2. The highest BCUT2D eigenvalue weighted by Gasteiger charge is 2.12. The zero-order chi connectivity index (χ0) is 9.68. The maximum atomic E-state index is 9.34. The van der Waals surface area contributed by atoms with Crippen molar-refractivity contribution in [1.29, 1.82) is 0 Å². The summed E-state index contributed by atoms with van der Waals surface area (Å²) in [6, 6.07) is 9.98. The van der Waals surface area contributed by atoms with E-state index in [4.69, 9.17) is 5.11 Å². The summed E-state index contributed by atoms with van der Waals surface area (Å²) in [5.74, 6) is 0.104. The molecule has 1 aromatic carbocycles. The molecule has 0 aliphatic heterocycles. The van der Waals surface area contributed by atoms with E-state index in [0.29, 0.717) is 0 Å². The molecule has 0 spiro atoms. The van der Waals surface area contributed by atoms with Crippen LogP contribution in [0.3, 0.4) is 0 Å². The van der Waals surface area contributed by atoms with E-state index in [1.54, 1.807) is 0 Å². The van der Waals surface area contributed by atoms with Gasteiger partial charge in [-0.1, -0.05) is 37.3 Å². The third-order valence-corrected chi connectivity index (χ3v) is 2.24. The number of hydrogen-bond donors (Lipinski definition) is 2. The van der Waals surface area contributed by atoms with E-state index in [1.807, 2.05) is 37.3 Å². The maximum absolute atomic E-state index is 9.34. The van der Waals surface area contributed by atoms with Crippen molar-refractivity contribution >= 4 is 0 Å². The van der Waals surface area contributed by atoms with Crippen LogP contribution >= 0.6 is 0 Å². The van der Waals surface area contributed by atoms with Gasteiger partial charge in [-0.3, -0.25) is 0 Å². The molecule has 0 fully saturated rings. The molecule has 2 atom stereocenters. The van der Waals surface area contributed by atoms with Crippen LogP contribution in [0.2, 0.25) is 0 Å². The third kappa shape index (κ3) is 3.17. The van der Waals surface area contributed by atoms with Gasteiger partial charge in [0.15, 0.2) is 0 Å². The molecule has 2 heteroatoms. The van der Waals surface area contributed by atoms with E-state index >= 15 is 0 Å². The summed E-state index contributed by atoms with van der Waals surface area (Å²) in [5, 5.41) is 18.1. The topological polar surface area (TPSA) is 40.5 Å². The second-order valence-corrected chi connectivity index (χ2v) is 3.42. The highest BCUT2D eigenvalue weighted by atomic mass is 16.3. The van der Waals surface area contributed by atoms with Gasteiger partial charge in [0.2, 0.25) is 0 Å². The zero-order valence-electron chi connectivity index (χ0n) is 7.85. The second-order valence-electron chi connectivity index (χ2n) is 3.42. The van der Waals surface area contributed by atoms with Crippen molar-refractivity contribution in [2.24, 2.45) is 5.92 Å². The quantitative estimate of drug-likeness (QED) is 0.731. The Kier molecular flexibility index (Phi) is 3.93. The number of benzene rings is 1. The lowest BCUT2D eigenvalue weighted by atomic mass is 9.96. The van der Waals surface area contributed by atoms with Crippen molar-refractivity contribution in [2.45, 2.75) is 19.4 Å². The molecule has 0 saturated heterocycles. The predicted octanol–water partition coefficient (Wildman–Crippen LogP) is 1.22. The van der Waals surface area contributed by atoms with Crippen LogP contribution in [0.5, 0.6) is 0 Å². The Labute approximate surface area is 78.8 Å². The number of aliphatic hydroxyl groups excluding tert-OH is 2. The molecule has 13 heavy (non-hydrogen) atoms. The normalized spacial score (nSPS) is 15.3. The molecular formula is C11H16O2. The molecule has 0 bridgehead atoms. The van der Waals surface area contributed by atoms with Gasteiger partial charge in [0.1, 0.15) is 0 Å². The fourth-order valence-corrected chi connectivity index (χ4v) is 1.30. The highest BCUT2D eigenvalue weighted by Crippen LogP contribution is 2.11. The van der Waals surface area contributed by atoms with Crippen molar-refractivity contribution in [2.75, 3.05) is 6.61 Å². The zero-order valence-corrected chi connectivity index (χ0v) is 7.85.